The third kappa shape index (κ3) is 2.47. The number of aromatic nitrogens is 4. The van der Waals surface area contributed by atoms with E-state index < -0.39 is 42.5 Å². The van der Waals surface area contributed by atoms with Crippen LogP contribution in [0.5, 0.6) is 0 Å². The number of nitrogens with two attached hydrogens (primary N) is 2. The number of ether oxygens (including phenoxy) is 1. The molecule has 0 aromatic carbocycles. The second-order valence-corrected chi connectivity index (χ2v) is 6.65. The van der Waals surface area contributed by atoms with Crippen LogP contribution in [0.1, 0.15) is 13.8 Å². The van der Waals surface area contributed by atoms with Gasteiger partial charge in [-0.05, 0) is 5.92 Å². The smallest absolute Gasteiger partial charge is 0.238 e. The molecule has 0 radical (unpaired) electrons. The highest BCUT2D eigenvalue weighted by molar-refractivity contribution is 5.93. The Morgan fingerprint density at radius 3 is 2.65 bits per heavy atom. The molecule has 1 fully saturated rings. The van der Waals surface area contributed by atoms with Gasteiger partial charge in [0.2, 0.25) is 11.5 Å². The fourth-order valence-corrected chi connectivity index (χ4v) is 3.11. The summed E-state index contributed by atoms with van der Waals surface area (Å²) in [6, 6.07) is -1.01. The number of nitrogens with zero attached hydrogens (tertiary/aromatic N) is 4. The molecule has 3 heterocycles. The van der Waals surface area contributed by atoms with Crippen molar-refractivity contribution in [3.8, 4) is 0 Å². The molecule has 0 saturated carbocycles. The number of rotatable bonds is 5. The first-order chi connectivity index (χ1) is 12.3. The second kappa shape index (κ2) is 6.52. The lowest BCUT2D eigenvalue weighted by Crippen LogP contribution is -2.58. The number of aliphatic hydroxyl groups is 3. The average Bonchev–Trinajstić information content (AvgIpc) is 3.16. The molecule has 2 aromatic heterocycles. The number of imidazole rings is 1. The van der Waals surface area contributed by atoms with Crippen molar-refractivity contribution in [2.24, 2.45) is 11.7 Å². The molecule has 0 aliphatic carbocycles. The number of aliphatic hydroxyl groups excluding tert-OH is 3. The average molecular weight is 366 g/mol. The maximum atomic E-state index is 13.2. The summed E-state index contributed by atoms with van der Waals surface area (Å²) in [6.45, 7) is 2.88. The zero-order chi connectivity index (χ0) is 19.2. The van der Waals surface area contributed by atoms with Crippen LogP contribution in [0.15, 0.2) is 12.7 Å². The van der Waals surface area contributed by atoms with Crippen LogP contribution in [0.25, 0.3) is 11.2 Å². The summed E-state index contributed by atoms with van der Waals surface area (Å²) in [7, 11) is 0. The molecule has 1 aliphatic heterocycles. The van der Waals surface area contributed by atoms with Crippen LogP contribution in [0.2, 0.25) is 0 Å². The van der Waals surface area contributed by atoms with E-state index in [0.29, 0.717) is 0 Å². The SMILES string of the molecule is CC(C)[C@H](N)C(=O)[C@@]1(n2cnc3c(N)ncnc32)O[C@H](CO)[C@@H](O)[C@H]1O. The van der Waals surface area contributed by atoms with Crippen molar-refractivity contribution in [1.29, 1.82) is 0 Å². The maximum Gasteiger partial charge on any atom is 0.238 e. The Morgan fingerprint density at radius 1 is 1.38 bits per heavy atom. The van der Waals surface area contributed by atoms with Gasteiger partial charge < -0.3 is 31.5 Å². The van der Waals surface area contributed by atoms with Gasteiger partial charge in [0, 0.05) is 0 Å². The van der Waals surface area contributed by atoms with E-state index >= 15 is 0 Å². The number of carbonyl (C=O) groups is 1. The summed E-state index contributed by atoms with van der Waals surface area (Å²) in [5.74, 6) is -0.863. The van der Waals surface area contributed by atoms with Crippen LogP contribution in [0, 0.1) is 5.92 Å². The Balaban J connectivity index is 2.25. The molecule has 3 rings (SSSR count). The van der Waals surface area contributed by atoms with Gasteiger partial charge in [0.25, 0.3) is 0 Å². The van der Waals surface area contributed by atoms with E-state index in [0.717, 1.165) is 0 Å². The number of fused-ring (bicyclic) bond motifs is 1. The summed E-state index contributed by atoms with van der Waals surface area (Å²) >= 11 is 0. The summed E-state index contributed by atoms with van der Waals surface area (Å²) in [5, 5.41) is 30.5. The van der Waals surface area contributed by atoms with E-state index in [-0.39, 0.29) is 22.9 Å². The first kappa shape index (κ1) is 18.6. The van der Waals surface area contributed by atoms with Gasteiger partial charge in [0.15, 0.2) is 11.5 Å². The van der Waals surface area contributed by atoms with Crippen LogP contribution in [0.4, 0.5) is 5.82 Å². The van der Waals surface area contributed by atoms with E-state index in [1.165, 1.54) is 17.2 Å². The summed E-state index contributed by atoms with van der Waals surface area (Å²) in [4.78, 5) is 25.2. The van der Waals surface area contributed by atoms with Crippen molar-refractivity contribution in [3.63, 3.8) is 0 Å². The highest BCUT2D eigenvalue weighted by Gasteiger charge is 2.61. The molecule has 1 aliphatic rings. The minimum Gasteiger partial charge on any atom is -0.394 e. The van der Waals surface area contributed by atoms with Crippen molar-refractivity contribution >= 4 is 22.8 Å². The van der Waals surface area contributed by atoms with Gasteiger partial charge in [0.1, 0.15) is 36.5 Å². The molecule has 0 amide bonds. The second-order valence-electron chi connectivity index (χ2n) is 6.65. The first-order valence-corrected chi connectivity index (χ1v) is 8.14. The predicted molar refractivity (Wildman–Crippen MR) is 89.5 cm³/mol. The summed E-state index contributed by atoms with van der Waals surface area (Å²) in [6.07, 6.45) is -2.01. The van der Waals surface area contributed by atoms with E-state index in [1.54, 1.807) is 13.8 Å². The zero-order valence-corrected chi connectivity index (χ0v) is 14.4. The maximum absolute atomic E-state index is 13.2. The highest BCUT2D eigenvalue weighted by Crippen LogP contribution is 2.39. The van der Waals surface area contributed by atoms with Crippen LogP contribution < -0.4 is 11.5 Å². The van der Waals surface area contributed by atoms with Gasteiger partial charge in [-0.15, -0.1) is 0 Å². The molecule has 142 valence electrons. The molecule has 5 atom stereocenters. The Morgan fingerprint density at radius 2 is 2.08 bits per heavy atom. The van der Waals surface area contributed by atoms with Gasteiger partial charge in [-0.3, -0.25) is 9.36 Å². The molecular formula is C15H22N6O5. The van der Waals surface area contributed by atoms with Gasteiger partial charge in [-0.2, -0.15) is 0 Å². The number of hydrogen-bond acceptors (Lipinski definition) is 10. The summed E-state index contributed by atoms with van der Waals surface area (Å²) in [5.41, 5.74) is 10.0. The molecule has 0 bridgehead atoms. The number of anilines is 1. The number of nitrogen functional groups attached to an aromatic ring is 1. The van der Waals surface area contributed by atoms with Crippen LogP contribution in [-0.2, 0) is 15.3 Å². The lowest BCUT2D eigenvalue weighted by atomic mass is 9.89. The monoisotopic (exact) mass is 366 g/mol. The number of Topliss-reactive ketones (excluding diaryl/α,β-unsaturated/α-hetero) is 1. The Hall–Kier alpha value is -2.18. The fraction of sp³-hybridized carbons (Fsp3) is 0.600. The number of ketones is 1. The first-order valence-electron chi connectivity index (χ1n) is 8.14. The Kier molecular flexibility index (Phi) is 4.67. The van der Waals surface area contributed by atoms with E-state index in [2.05, 4.69) is 15.0 Å². The quantitative estimate of drug-likeness (QED) is 0.386. The molecular weight excluding hydrogens is 344 g/mol. The van der Waals surface area contributed by atoms with Crippen LogP contribution in [0.3, 0.4) is 0 Å². The van der Waals surface area contributed by atoms with Crippen molar-refractivity contribution in [2.45, 2.75) is 43.9 Å². The zero-order valence-electron chi connectivity index (χ0n) is 14.4. The van der Waals surface area contributed by atoms with Crippen LogP contribution >= 0.6 is 0 Å². The van der Waals surface area contributed by atoms with E-state index in [9.17, 15) is 20.1 Å². The molecule has 0 unspecified atom stereocenters. The highest BCUT2D eigenvalue weighted by atomic mass is 16.6. The molecule has 26 heavy (non-hydrogen) atoms. The number of hydrogen-bond donors (Lipinski definition) is 5. The van der Waals surface area contributed by atoms with Crippen molar-refractivity contribution in [3.05, 3.63) is 12.7 Å². The van der Waals surface area contributed by atoms with Crippen molar-refractivity contribution in [2.75, 3.05) is 12.3 Å². The molecule has 7 N–H and O–H groups in total. The third-order valence-corrected chi connectivity index (χ3v) is 4.71. The molecule has 11 nitrogen and oxygen atoms in total. The standard InChI is InChI=1S/C15H22N6O5/c1-6(2)8(16)11(24)15(12(25)10(23)7(3-22)26-15)21-5-20-9-13(17)18-4-19-14(9)21/h4-8,10,12,22-23,25H,3,16H2,1-2H3,(H2,17,18,19)/t7-,8+,10-,12-,15-/m1/s1. The topological polar surface area (TPSA) is 183 Å². The molecule has 11 heteroatoms. The Bertz CT molecular complexity index is 826. The minimum atomic E-state index is -2.11. The van der Waals surface area contributed by atoms with Gasteiger partial charge in [0.05, 0.1) is 12.6 Å². The van der Waals surface area contributed by atoms with Gasteiger partial charge in [-0.25, -0.2) is 15.0 Å². The molecule has 0 spiro atoms. The normalized spacial score (nSPS) is 30.2. The fourth-order valence-electron chi connectivity index (χ4n) is 3.11. The predicted octanol–water partition coefficient (Wildman–Crippen LogP) is -2.27. The van der Waals surface area contributed by atoms with Gasteiger partial charge >= 0.3 is 0 Å². The van der Waals surface area contributed by atoms with E-state index in [1.807, 2.05) is 0 Å². The van der Waals surface area contributed by atoms with Crippen LogP contribution in [-0.4, -0.2) is 71.6 Å². The minimum absolute atomic E-state index is 0.0799. The third-order valence-electron chi connectivity index (χ3n) is 4.71. The van der Waals surface area contributed by atoms with Crippen molar-refractivity contribution in [1.82, 2.24) is 19.5 Å². The lowest BCUT2D eigenvalue weighted by Gasteiger charge is -2.34. The lowest BCUT2D eigenvalue weighted by molar-refractivity contribution is -0.176. The molecule has 1 saturated heterocycles. The summed E-state index contributed by atoms with van der Waals surface area (Å²) < 4.78 is 6.88. The molecule has 2 aromatic rings. The Labute approximate surface area is 148 Å². The van der Waals surface area contributed by atoms with E-state index in [4.69, 9.17) is 16.2 Å². The number of carbonyl (C=O) groups excluding carboxylic acids is 1. The van der Waals surface area contributed by atoms with Crippen molar-refractivity contribution < 1.29 is 24.9 Å². The largest absolute Gasteiger partial charge is 0.394 e. The van der Waals surface area contributed by atoms with Gasteiger partial charge in [-0.1, -0.05) is 13.8 Å².